The number of anilines is 1. The van der Waals surface area contributed by atoms with Crippen LogP contribution in [0.5, 0.6) is 11.5 Å². The maximum absolute atomic E-state index is 5.76. The molecule has 1 aromatic heterocycles. The van der Waals surface area contributed by atoms with E-state index < -0.39 is 0 Å². The van der Waals surface area contributed by atoms with Crippen LogP contribution in [0.3, 0.4) is 0 Å². The molecule has 1 heterocycles. The number of methoxy groups -OCH3 is 1. The SMILES string of the molecule is CCC(C)n1ccc(COc2cc(N)ccc2OC)n1. The third-order valence-corrected chi connectivity index (χ3v) is 3.27. The summed E-state index contributed by atoms with van der Waals surface area (Å²) >= 11 is 0. The molecule has 2 rings (SSSR count). The highest BCUT2D eigenvalue weighted by Gasteiger charge is 2.08. The van der Waals surface area contributed by atoms with Gasteiger partial charge in [0.1, 0.15) is 6.61 Å². The zero-order chi connectivity index (χ0) is 14.5. The van der Waals surface area contributed by atoms with Gasteiger partial charge in [0.25, 0.3) is 0 Å². The van der Waals surface area contributed by atoms with Crippen LogP contribution in [0, 0.1) is 0 Å². The van der Waals surface area contributed by atoms with Crippen molar-refractivity contribution in [1.82, 2.24) is 9.78 Å². The minimum atomic E-state index is 0.392. The van der Waals surface area contributed by atoms with Gasteiger partial charge in [-0.15, -0.1) is 0 Å². The number of nitrogen functional groups attached to an aromatic ring is 1. The van der Waals surface area contributed by atoms with Gasteiger partial charge in [-0.2, -0.15) is 5.10 Å². The van der Waals surface area contributed by atoms with Gasteiger partial charge in [0.15, 0.2) is 11.5 Å². The van der Waals surface area contributed by atoms with Crippen LogP contribution >= 0.6 is 0 Å². The summed E-state index contributed by atoms with van der Waals surface area (Å²) in [6.07, 6.45) is 3.02. The summed E-state index contributed by atoms with van der Waals surface area (Å²) in [5.74, 6) is 1.30. The van der Waals surface area contributed by atoms with Crippen molar-refractivity contribution in [2.45, 2.75) is 32.9 Å². The molecule has 2 aromatic rings. The molecule has 0 aliphatic rings. The summed E-state index contributed by atoms with van der Waals surface area (Å²) in [5.41, 5.74) is 7.29. The minimum absolute atomic E-state index is 0.392. The standard InChI is InChI=1S/C15H21N3O2/c1-4-11(2)18-8-7-13(17-18)10-20-15-9-12(16)5-6-14(15)19-3/h5-9,11H,4,10,16H2,1-3H3. The molecule has 0 aliphatic heterocycles. The molecule has 1 atom stereocenters. The maximum Gasteiger partial charge on any atom is 0.163 e. The highest BCUT2D eigenvalue weighted by Crippen LogP contribution is 2.29. The zero-order valence-electron chi connectivity index (χ0n) is 12.2. The molecule has 0 saturated heterocycles. The summed E-state index contributed by atoms with van der Waals surface area (Å²) in [6.45, 7) is 4.67. The van der Waals surface area contributed by atoms with Gasteiger partial charge in [0.2, 0.25) is 0 Å². The number of aromatic nitrogens is 2. The van der Waals surface area contributed by atoms with Crippen LogP contribution in [-0.2, 0) is 6.61 Å². The Morgan fingerprint density at radius 3 is 2.80 bits per heavy atom. The van der Waals surface area contributed by atoms with E-state index in [1.54, 1.807) is 25.3 Å². The van der Waals surface area contributed by atoms with Crippen LogP contribution in [0.25, 0.3) is 0 Å². The lowest BCUT2D eigenvalue weighted by atomic mass is 10.3. The van der Waals surface area contributed by atoms with Gasteiger partial charge < -0.3 is 15.2 Å². The lowest BCUT2D eigenvalue weighted by Crippen LogP contribution is -2.06. The number of hydrogen-bond acceptors (Lipinski definition) is 4. The minimum Gasteiger partial charge on any atom is -0.493 e. The van der Waals surface area contributed by atoms with Crippen LogP contribution in [0.1, 0.15) is 32.0 Å². The predicted molar refractivity (Wildman–Crippen MR) is 79.0 cm³/mol. The van der Waals surface area contributed by atoms with Crippen LogP contribution in [0.4, 0.5) is 5.69 Å². The Kier molecular flexibility index (Phi) is 4.50. The average Bonchev–Trinajstić information content (AvgIpc) is 2.93. The fourth-order valence-electron chi connectivity index (χ4n) is 1.84. The first-order chi connectivity index (χ1) is 9.63. The molecule has 108 valence electrons. The molecular formula is C15H21N3O2. The van der Waals surface area contributed by atoms with Gasteiger partial charge in [0.05, 0.1) is 12.8 Å². The molecular weight excluding hydrogens is 254 g/mol. The molecule has 5 heteroatoms. The molecule has 0 amide bonds. The van der Waals surface area contributed by atoms with E-state index in [-0.39, 0.29) is 0 Å². The predicted octanol–water partition coefficient (Wildman–Crippen LogP) is 3.02. The van der Waals surface area contributed by atoms with E-state index >= 15 is 0 Å². The molecule has 1 aromatic carbocycles. The summed E-state index contributed by atoms with van der Waals surface area (Å²) in [7, 11) is 1.61. The monoisotopic (exact) mass is 275 g/mol. The van der Waals surface area contributed by atoms with Gasteiger partial charge in [-0.05, 0) is 31.5 Å². The average molecular weight is 275 g/mol. The number of rotatable bonds is 6. The summed E-state index contributed by atoms with van der Waals surface area (Å²) in [5, 5.41) is 4.49. The molecule has 1 unspecified atom stereocenters. The van der Waals surface area contributed by atoms with Crippen molar-refractivity contribution in [3.63, 3.8) is 0 Å². The third-order valence-electron chi connectivity index (χ3n) is 3.27. The van der Waals surface area contributed by atoms with E-state index in [4.69, 9.17) is 15.2 Å². The van der Waals surface area contributed by atoms with E-state index in [2.05, 4.69) is 18.9 Å². The smallest absolute Gasteiger partial charge is 0.163 e. The third kappa shape index (κ3) is 3.23. The quantitative estimate of drug-likeness (QED) is 0.823. The Bertz CT molecular complexity index is 566. The van der Waals surface area contributed by atoms with E-state index in [0.717, 1.165) is 12.1 Å². The Morgan fingerprint density at radius 1 is 1.30 bits per heavy atom. The molecule has 5 nitrogen and oxygen atoms in total. The van der Waals surface area contributed by atoms with Crippen molar-refractivity contribution in [2.24, 2.45) is 0 Å². The van der Waals surface area contributed by atoms with Crippen molar-refractivity contribution in [1.29, 1.82) is 0 Å². The Balaban J connectivity index is 2.05. The summed E-state index contributed by atoms with van der Waals surface area (Å²) in [4.78, 5) is 0. The van der Waals surface area contributed by atoms with E-state index in [0.29, 0.717) is 29.8 Å². The first-order valence-corrected chi connectivity index (χ1v) is 6.74. The molecule has 0 fully saturated rings. The largest absolute Gasteiger partial charge is 0.493 e. The van der Waals surface area contributed by atoms with Gasteiger partial charge in [-0.25, -0.2) is 0 Å². The fraction of sp³-hybridized carbons (Fsp3) is 0.400. The van der Waals surface area contributed by atoms with Crippen molar-refractivity contribution >= 4 is 5.69 Å². The Morgan fingerprint density at radius 2 is 2.10 bits per heavy atom. The van der Waals surface area contributed by atoms with Gasteiger partial charge >= 0.3 is 0 Å². The van der Waals surface area contributed by atoms with Crippen LogP contribution in [-0.4, -0.2) is 16.9 Å². The lowest BCUT2D eigenvalue weighted by molar-refractivity contribution is 0.278. The molecule has 0 radical (unpaired) electrons. The topological polar surface area (TPSA) is 62.3 Å². The molecule has 0 saturated carbocycles. The first-order valence-electron chi connectivity index (χ1n) is 6.74. The number of benzene rings is 1. The number of nitrogens with two attached hydrogens (primary N) is 1. The van der Waals surface area contributed by atoms with Crippen molar-refractivity contribution in [2.75, 3.05) is 12.8 Å². The number of hydrogen-bond donors (Lipinski definition) is 1. The van der Waals surface area contributed by atoms with Crippen molar-refractivity contribution in [3.05, 3.63) is 36.2 Å². The lowest BCUT2D eigenvalue weighted by Gasteiger charge is -2.11. The Labute approximate surface area is 119 Å². The van der Waals surface area contributed by atoms with Gasteiger partial charge in [-0.3, -0.25) is 4.68 Å². The van der Waals surface area contributed by atoms with Gasteiger partial charge in [0, 0.05) is 24.0 Å². The second-order valence-electron chi connectivity index (χ2n) is 4.74. The molecule has 0 bridgehead atoms. The maximum atomic E-state index is 5.76. The van der Waals surface area contributed by atoms with E-state index in [9.17, 15) is 0 Å². The molecule has 0 aliphatic carbocycles. The fourth-order valence-corrected chi connectivity index (χ4v) is 1.84. The summed E-state index contributed by atoms with van der Waals surface area (Å²) in [6, 6.07) is 7.69. The van der Waals surface area contributed by atoms with Gasteiger partial charge in [-0.1, -0.05) is 6.92 Å². The van der Waals surface area contributed by atoms with E-state index in [1.165, 1.54) is 0 Å². The normalized spacial score (nSPS) is 12.2. The second kappa shape index (κ2) is 6.32. The number of nitrogens with zero attached hydrogens (tertiary/aromatic N) is 2. The van der Waals surface area contributed by atoms with Crippen LogP contribution < -0.4 is 15.2 Å². The second-order valence-corrected chi connectivity index (χ2v) is 4.74. The number of ether oxygens (including phenoxy) is 2. The highest BCUT2D eigenvalue weighted by atomic mass is 16.5. The van der Waals surface area contributed by atoms with Crippen LogP contribution in [0.2, 0.25) is 0 Å². The molecule has 20 heavy (non-hydrogen) atoms. The Hall–Kier alpha value is -2.17. The van der Waals surface area contributed by atoms with E-state index in [1.807, 2.05) is 16.9 Å². The van der Waals surface area contributed by atoms with Crippen LogP contribution in [0.15, 0.2) is 30.5 Å². The molecule has 2 N–H and O–H groups in total. The highest BCUT2D eigenvalue weighted by molar-refractivity contribution is 5.51. The molecule has 0 spiro atoms. The summed E-state index contributed by atoms with van der Waals surface area (Å²) < 4.78 is 12.9. The first kappa shape index (κ1) is 14.2. The van der Waals surface area contributed by atoms with Crippen molar-refractivity contribution < 1.29 is 9.47 Å². The van der Waals surface area contributed by atoms with Crippen molar-refractivity contribution in [3.8, 4) is 11.5 Å². The zero-order valence-corrected chi connectivity index (χ0v) is 12.2.